The maximum absolute atomic E-state index is 12.5. The third kappa shape index (κ3) is 4.49. The van der Waals surface area contributed by atoms with Crippen LogP contribution in [0.4, 0.5) is 0 Å². The first-order chi connectivity index (χ1) is 10.0. The van der Waals surface area contributed by atoms with Gasteiger partial charge in [-0.3, -0.25) is 4.98 Å². The average molecular weight is 311 g/mol. The molecule has 1 aliphatic heterocycles. The minimum absolute atomic E-state index is 0.178. The summed E-state index contributed by atoms with van der Waals surface area (Å²) in [5, 5.41) is 3.24. The molecule has 0 radical (unpaired) electrons. The molecule has 2 heterocycles. The van der Waals surface area contributed by atoms with E-state index in [-0.39, 0.29) is 5.75 Å². The van der Waals surface area contributed by atoms with Crippen molar-refractivity contribution in [2.45, 2.75) is 32.2 Å². The Balaban J connectivity index is 1.95. The van der Waals surface area contributed by atoms with E-state index in [2.05, 4.69) is 17.2 Å². The molecule has 0 bridgehead atoms. The van der Waals surface area contributed by atoms with Crippen molar-refractivity contribution < 1.29 is 8.42 Å². The van der Waals surface area contributed by atoms with Gasteiger partial charge >= 0.3 is 0 Å². The van der Waals surface area contributed by atoms with Gasteiger partial charge in [0.25, 0.3) is 0 Å². The second kappa shape index (κ2) is 7.33. The van der Waals surface area contributed by atoms with Crippen molar-refractivity contribution in [2.75, 3.05) is 25.9 Å². The van der Waals surface area contributed by atoms with Gasteiger partial charge in [0, 0.05) is 31.5 Å². The highest BCUT2D eigenvalue weighted by atomic mass is 32.2. The zero-order chi connectivity index (χ0) is 15.3. The van der Waals surface area contributed by atoms with E-state index in [1.54, 1.807) is 16.7 Å². The summed E-state index contributed by atoms with van der Waals surface area (Å²) in [5.74, 6) is 0.581. The van der Waals surface area contributed by atoms with Gasteiger partial charge in [-0.15, -0.1) is 0 Å². The second-order valence-corrected chi connectivity index (χ2v) is 7.85. The van der Waals surface area contributed by atoms with E-state index in [1.807, 2.05) is 19.2 Å². The van der Waals surface area contributed by atoms with Crippen LogP contribution in [0.15, 0.2) is 24.5 Å². The van der Waals surface area contributed by atoms with Crippen LogP contribution in [-0.2, 0) is 16.4 Å². The molecule has 1 N–H and O–H groups in total. The normalized spacial score (nSPS) is 22.1. The molecule has 1 aromatic heterocycles. The summed E-state index contributed by atoms with van der Waals surface area (Å²) in [4.78, 5) is 3.95. The van der Waals surface area contributed by atoms with Gasteiger partial charge in [-0.1, -0.05) is 0 Å². The first kappa shape index (κ1) is 16.4. The third-order valence-electron chi connectivity index (χ3n) is 4.37. The van der Waals surface area contributed by atoms with Gasteiger partial charge in [0.15, 0.2) is 0 Å². The number of aryl methyl sites for hydroxylation is 1. The Labute approximate surface area is 127 Å². The van der Waals surface area contributed by atoms with Gasteiger partial charge in [0.2, 0.25) is 10.0 Å². The van der Waals surface area contributed by atoms with Crippen LogP contribution in [0.2, 0.25) is 0 Å². The Morgan fingerprint density at radius 2 is 2.14 bits per heavy atom. The zero-order valence-corrected chi connectivity index (χ0v) is 13.6. The molecule has 2 rings (SSSR count). The van der Waals surface area contributed by atoms with E-state index in [4.69, 9.17) is 0 Å². The molecule has 0 amide bonds. The maximum Gasteiger partial charge on any atom is 0.214 e. The smallest absolute Gasteiger partial charge is 0.214 e. The van der Waals surface area contributed by atoms with Crippen molar-refractivity contribution in [2.24, 2.45) is 5.92 Å². The minimum Gasteiger partial charge on any atom is -0.317 e. The number of nitrogens with one attached hydrogen (secondary N) is 1. The molecule has 0 spiro atoms. The fraction of sp³-hybridized carbons (Fsp3) is 0.667. The van der Waals surface area contributed by atoms with Gasteiger partial charge in [0.05, 0.1) is 5.75 Å². The third-order valence-corrected chi connectivity index (χ3v) is 6.21. The number of pyridine rings is 1. The molecular weight excluding hydrogens is 286 g/mol. The van der Waals surface area contributed by atoms with Crippen LogP contribution in [0.5, 0.6) is 0 Å². The summed E-state index contributed by atoms with van der Waals surface area (Å²) >= 11 is 0. The van der Waals surface area contributed by atoms with E-state index in [0.717, 1.165) is 18.4 Å². The van der Waals surface area contributed by atoms with E-state index in [9.17, 15) is 8.42 Å². The molecule has 6 heteroatoms. The molecule has 0 aromatic carbocycles. The summed E-state index contributed by atoms with van der Waals surface area (Å²) in [6, 6.07) is 4.10. The highest BCUT2D eigenvalue weighted by Crippen LogP contribution is 2.22. The van der Waals surface area contributed by atoms with E-state index in [1.165, 1.54) is 0 Å². The van der Waals surface area contributed by atoms with Crippen molar-refractivity contribution in [3.05, 3.63) is 30.1 Å². The molecule has 1 fully saturated rings. The Morgan fingerprint density at radius 3 is 2.81 bits per heavy atom. The van der Waals surface area contributed by atoms with Gasteiger partial charge in [-0.25, -0.2) is 12.7 Å². The van der Waals surface area contributed by atoms with Crippen LogP contribution in [0.1, 0.15) is 25.3 Å². The predicted molar refractivity (Wildman–Crippen MR) is 84.5 cm³/mol. The van der Waals surface area contributed by atoms with Gasteiger partial charge in [0.1, 0.15) is 0 Å². The van der Waals surface area contributed by atoms with Crippen LogP contribution >= 0.6 is 0 Å². The maximum atomic E-state index is 12.5. The van der Waals surface area contributed by atoms with Crippen molar-refractivity contribution >= 4 is 10.0 Å². The molecule has 118 valence electrons. The minimum atomic E-state index is -3.17. The molecule has 1 aromatic rings. The lowest BCUT2D eigenvalue weighted by atomic mass is 9.93. The van der Waals surface area contributed by atoms with Crippen molar-refractivity contribution in [1.82, 2.24) is 14.6 Å². The van der Waals surface area contributed by atoms with Crippen LogP contribution < -0.4 is 5.32 Å². The summed E-state index contributed by atoms with van der Waals surface area (Å²) in [6.07, 6.45) is 6.00. The summed E-state index contributed by atoms with van der Waals surface area (Å²) in [7, 11) is -1.24. The number of aromatic nitrogens is 1. The number of sulfonamides is 1. The summed E-state index contributed by atoms with van der Waals surface area (Å²) in [6.45, 7) is 3.42. The Hall–Kier alpha value is -0.980. The molecule has 21 heavy (non-hydrogen) atoms. The molecule has 2 unspecified atom stereocenters. The largest absolute Gasteiger partial charge is 0.317 e. The number of rotatable bonds is 6. The van der Waals surface area contributed by atoms with Crippen LogP contribution in [0, 0.1) is 5.92 Å². The predicted octanol–water partition coefficient (Wildman–Crippen LogP) is 1.27. The number of hydrogen-bond acceptors (Lipinski definition) is 4. The lowest BCUT2D eigenvalue weighted by Gasteiger charge is -2.35. The second-order valence-electron chi connectivity index (χ2n) is 5.76. The van der Waals surface area contributed by atoms with E-state index < -0.39 is 10.0 Å². The Morgan fingerprint density at radius 1 is 1.43 bits per heavy atom. The fourth-order valence-corrected chi connectivity index (χ4v) is 4.37. The lowest BCUT2D eigenvalue weighted by molar-refractivity contribution is 0.229. The van der Waals surface area contributed by atoms with Gasteiger partial charge in [-0.05, 0) is 56.8 Å². The van der Waals surface area contributed by atoms with E-state index >= 15 is 0 Å². The van der Waals surface area contributed by atoms with Crippen molar-refractivity contribution in [3.63, 3.8) is 0 Å². The molecule has 2 atom stereocenters. The van der Waals surface area contributed by atoms with Gasteiger partial charge in [-0.2, -0.15) is 0 Å². The molecular formula is C15H25N3O2S. The van der Waals surface area contributed by atoms with Crippen LogP contribution in [0.3, 0.4) is 0 Å². The summed E-state index contributed by atoms with van der Waals surface area (Å²) in [5.41, 5.74) is 1.02. The zero-order valence-electron chi connectivity index (χ0n) is 12.8. The highest BCUT2D eigenvalue weighted by Gasteiger charge is 2.30. The van der Waals surface area contributed by atoms with Crippen molar-refractivity contribution in [3.8, 4) is 0 Å². The van der Waals surface area contributed by atoms with E-state index in [0.29, 0.717) is 31.5 Å². The lowest BCUT2D eigenvalue weighted by Crippen LogP contribution is -2.46. The molecule has 1 saturated heterocycles. The quantitative estimate of drug-likeness (QED) is 0.859. The molecule has 5 nitrogen and oxygen atoms in total. The van der Waals surface area contributed by atoms with Crippen molar-refractivity contribution in [1.29, 1.82) is 0 Å². The highest BCUT2D eigenvalue weighted by molar-refractivity contribution is 7.89. The number of hydrogen-bond donors (Lipinski definition) is 1. The van der Waals surface area contributed by atoms with Gasteiger partial charge < -0.3 is 5.32 Å². The molecule has 0 saturated carbocycles. The molecule has 1 aliphatic rings. The first-order valence-electron chi connectivity index (χ1n) is 7.57. The number of piperidine rings is 1. The standard InChI is InChI=1S/C15H25N3O2S/c1-13(16-2)15-4-3-10-18(12-15)21(19,20)11-7-14-5-8-17-9-6-14/h5-6,8-9,13,15-16H,3-4,7,10-12H2,1-2H3. The SMILES string of the molecule is CNC(C)C1CCCN(S(=O)(=O)CCc2ccncc2)C1. The Kier molecular flexibility index (Phi) is 5.72. The Bertz CT molecular complexity index is 533. The molecule has 0 aliphatic carbocycles. The first-order valence-corrected chi connectivity index (χ1v) is 9.18. The van der Waals surface area contributed by atoms with Crippen LogP contribution in [0.25, 0.3) is 0 Å². The fourth-order valence-electron chi connectivity index (χ4n) is 2.80. The monoisotopic (exact) mass is 311 g/mol. The topological polar surface area (TPSA) is 62.3 Å². The average Bonchev–Trinajstić information content (AvgIpc) is 2.53. The van der Waals surface area contributed by atoms with Crippen LogP contribution in [-0.4, -0.2) is 49.6 Å². The number of nitrogens with zero attached hydrogens (tertiary/aromatic N) is 2. The summed E-state index contributed by atoms with van der Waals surface area (Å²) < 4.78 is 26.7.